The number of hydrazone groups is 1. The number of sulfonamides is 1. The number of carbonyl (C=O) groups is 1. The van der Waals surface area contributed by atoms with E-state index in [0.717, 1.165) is 18.4 Å². The number of nitrogens with one attached hydrogen (secondary N) is 1. The van der Waals surface area contributed by atoms with Crippen molar-refractivity contribution >= 4 is 21.5 Å². The zero-order chi connectivity index (χ0) is 14.1. The SMILES string of the molecule is Cc1ccc(S(=O)(=O)N/N=C2/C(=O)[C@H]3CC34C[C@H]24)cc1. The second kappa shape index (κ2) is 3.49. The topological polar surface area (TPSA) is 75.6 Å². The molecule has 1 unspecified atom stereocenters. The average molecular weight is 290 g/mol. The van der Waals surface area contributed by atoms with Crippen LogP contribution in [-0.4, -0.2) is 19.9 Å². The molecular weight excluding hydrogens is 276 g/mol. The number of Topliss-reactive ketones (excluding diaryl/α,β-unsaturated/α-hetero) is 1. The molecule has 0 amide bonds. The molecule has 0 aromatic heterocycles. The van der Waals surface area contributed by atoms with E-state index in [1.54, 1.807) is 12.1 Å². The molecule has 0 aliphatic heterocycles. The molecule has 4 rings (SSSR count). The van der Waals surface area contributed by atoms with Gasteiger partial charge in [0.25, 0.3) is 10.0 Å². The Bertz CT molecular complexity index is 751. The Labute approximate surface area is 117 Å². The lowest BCUT2D eigenvalue weighted by molar-refractivity contribution is -0.114. The Morgan fingerprint density at radius 2 is 1.85 bits per heavy atom. The van der Waals surface area contributed by atoms with Crippen molar-refractivity contribution in [3.8, 4) is 0 Å². The fourth-order valence-electron chi connectivity index (χ4n) is 3.34. The number of nitrogens with zero attached hydrogens (tertiary/aromatic N) is 1. The molecular formula is C14H14N2O3S. The van der Waals surface area contributed by atoms with Gasteiger partial charge in [0.15, 0.2) is 5.78 Å². The molecule has 104 valence electrons. The van der Waals surface area contributed by atoms with Crippen molar-refractivity contribution in [1.82, 2.24) is 4.83 Å². The van der Waals surface area contributed by atoms with Crippen LogP contribution >= 0.6 is 0 Å². The first-order valence-corrected chi connectivity index (χ1v) is 8.13. The summed E-state index contributed by atoms with van der Waals surface area (Å²) in [6, 6.07) is 6.52. The molecule has 5 nitrogen and oxygen atoms in total. The van der Waals surface area contributed by atoms with Crippen molar-refractivity contribution in [1.29, 1.82) is 0 Å². The van der Waals surface area contributed by atoms with Gasteiger partial charge in [-0.25, -0.2) is 0 Å². The quantitative estimate of drug-likeness (QED) is 0.851. The van der Waals surface area contributed by atoms with Gasteiger partial charge in [0, 0.05) is 11.8 Å². The maximum absolute atomic E-state index is 12.1. The highest BCUT2D eigenvalue weighted by Crippen LogP contribution is 2.79. The first-order valence-electron chi connectivity index (χ1n) is 6.64. The van der Waals surface area contributed by atoms with Gasteiger partial charge >= 0.3 is 0 Å². The zero-order valence-corrected chi connectivity index (χ0v) is 11.8. The van der Waals surface area contributed by atoms with E-state index in [1.807, 2.05) is 6.92 Å². The predicted octanol–water partition coefficient (Wildman–Crippen LogP) is 1.24. The molecule has 0 bridgehead atoms. The summed E-state index contributed by atoms with van der Waals surface area (Å²) in [5.41, 5.74) is 1.60. The number of hydrogen-bond acceptors (Lipinski definition) is 4. The van der Waals surface area contributed by atoms with Crippen molar-refractivity contribution in [2.24, 2.45) is 22.4 Å². The molecule has 20 heavy (non-hydrogen) atoms. The fourth-order valence-corrected chi connectivity index (χ4v) is 4.16. The van der Waals surface area contributed by atoms with Crippen LogP contribution in [0.25, 0.3) is 0 Å². The van der Waals surface area contributed by atoms with Crippen molar-refractivity contribution in [3.63, 3.8) is 0 Å². The highest BCUT2D eigenvalue weighted by atomic mass is 32.2. The van der Waals surface area contributed by atoms with E-state index in [-0.39, 0.29) is 27.9 Å². The molecule has 1 N–H and O–H groups in total. The molecule has 0 heterocycles. The largest absolute Gasteiger partial charge is 0.292 e. The lowest BCUT2D eigenvalue weighted by Crippen LogP contribution is -2.24. The molecule has 3 aliphatic rings. The van der Waals surface area contributed by atoms with Gasteiger partial charge in [-0.15, -0.1) is 0 Å². The van der Waals surface area contributed by atoms with Gasteiger partial charge in [0.2, 0.25) is 0 Å². The number of rotatable bonds is 3. The van der Waals surface area contributed by atoms with Crippen molar-refractivity contribution in [2.45, 2.75) is 24.7 Å². The zero-order valence-electron chi connectivity index (χ0n) is 11.0. The number of benzene rings is 1. The fraction of sp³-hybridized carbons (Fsp3) is 0.429. The van der Waals surface area contributed by atoms with Crippen molar-refractivity contribution in [2.75, 3.05) is 0 Å². The van der Waals surface area contributed by atoms with Gasteiger partial charge in [-0.2, -0.15) is 18.4 Å². The third kappa shape index (κ3) is 1.51. The van der Waals surface area contributed by atoms with E-state index >= 15 is 0 Å². The summed E-state index contributed by atoms with van der Waals surface area (Å²) in [5, 5.41) is 3.90. The third-order valence-electron chi connectivity index (χ3n) is 4.75. The van der Waals surface area contributed by atoms with Gasteiger partial charge in [0.1, 0.15) is 5.71 Å². The van der Waals surface area contributed by atoms with Crippen LogP contribution in [0, 0.1) is 24.2 Å². The molecule has 1 aromatic rings. The predicted molar refractivity (Wildman–Crippen MR) is 72.6 cm³/mol. The monoisotopic (exact) mass is 290 g/mol. The van der Waals surface area contributed by atoms with Gasteiger partial charge in [-0.3, -0.25) is 4.79 Å². The Morgan fingerprint density at radius 1 is 1.20 bits per heavy atom. The summed E-state index contributed by atoms with van der Waals surface area (Å²) in [4.78, 5) is 14.3. The van der Waals surface area contributed by atoms with E-state index in [4.69, 9.17) is 0 Å². The van der Waals surface area contributed by atoms with Crippen LogP contribution in [0.2, 0.25) is 0 Å². The maximum atomic E-state index is 12.1. The van der Waals surface area contributed by atoms with Crippen molar-refractivity contribution in [3.05, 3.63) is 29.8 Å². The normalized spacial score (nSPS) is 35.6. The molecule has 1 spiro atoms. The summed E-state index contributed by atoms with van der Waals surface area (Å²) in [7, 11) is -3.69. The molecule has 6 heteroatoms. The minimum Gasteiger partial charge on any atom is -0.292 e. The molecule has 0 radical (unpaired) electrons. The molecule has 3 saturated carbocycles. The number of aryl methyl sites for hydroxylation is 1. The average Bonchev–Trinajstić information content (AvgIpc) is 3.28. The first kappa shape index (κ1) is 12.1. The second-order valence-electron chi connectivity index (χ2n) is 6.02. The summed E-state index contributed by atoms with van der Waals surface area (Å²) >= 11 is 0. The van der Waals surface area contributed by atoms with E-state index in [9.17, 15) is 13.2 Å². The smallest absolute Gasteiger partial charge is 0.276 e. The summed E-state index contributed by atoms with van der Waals surface area (Å²) in [6.45, 7) is 1.89. The van der Waals surface area contributed by atoms with Crippen molar-refractivity contribution < 1.29 is 13.2 Å². The third-order valence-corrected chi connectivity index (χ3v) is 5.98. The van der Waals surface area contributed by atoms with Crippen LogP contribution in [0.3, 0.4) is 0 Å². The Kier molecular flexibility index (Phi) is 2.11. The Hall–Kier alpha value is -1.69. The second-order valence-corrected chi connectivity index (χ2v) is 7.68. The highest BCUT2D eigenvalue weighted by Gasteiger charge is 2.80. The molecule has 1 aromatic carbocycles. The van der Waals surface area contributed by atoms with E-state index in [2.05, 4.69) is 9.93 Å². The Balaban J connectivity index is 1.57. The molecule has 0 saturated heterocycles. The van der Waals surface area contributed by atoms with Crippen LogP contribution in [0.4, 0.5) is 0 Å². The van der Waals surface area contributed by atoms with Crippen LogP contribution in [0.5, 0.6) is 0 Å². The highest BCUT2D eigenvalue weighted by molar-refractivity contribution is 7.89. The number of hydrogen-bond donors (Lipinski definition) is 1. The lowest BCUT2D eigenvalue weighted by atomic mass is 10.1. The minimum absolute atomic E-state index is 0.0351. The van der Waals surface area contributed by atoms with Gasteiger partial charge < -0.3 is 0 Å². The van der Waals surface area contributed by atoms with Gasteiger partial charge in [-0.1, -0.05) is 17.7 Å². The van der Waals surface area contributed by atoms with Crippen LogP contribution in [0.15, 0.2) is 34.3 Å². The molecule has 3 atom stereocenters. The molecule has 3 aliphatic carbocycles. The van der Waals surface area contributed by atoms with E-state index in [1.165, 1.54) is 12.1 Å². The molecule has 3 fully saturated rings. The van der Waals surface area contributed by atoms with Gasteiger partial charge in [0.05, 0.1) is 4.90 Å². The summed E-state index contributed by atoms with van der Waals surface area (Å²) < 4.78 is 24.2. The number of carbonyl (C=O) groups excluding carboxylic acids is 1. The maximum Gasteiger partial charge on any atom is 0.276 e. The minimum atomic E-state index is -3.69. The number of ketones is 1. The van der Waals surface area contributed by atoms with Crippen LogP contribution in [0.1, 0.15) is 18.4 Å². The van der Waals surface area contributed by atoms with Crippen LogP contribution in [-0.2, 0) is 14.8 Å². The van der Waals surface area contributed by atoms with Crippen LogP contribution < -0.4 is 4.83 Å². The summed E-state index contributed by atoms with van der Waals surface area (Å²) in [6.07, 6.45) is 1.97. The van der Waals surface area contributed by atoms with E-state index < -0.39 is 10.0 Å². The lowest BCUT2D eigenvalue weighted by Gasteiger charge is -2.05. The van der Waals surface area contributed by atoms with Gasteiger partial charge in [-0.05, 0) is 37.3 Å². The standard InChI is InChI=1S/C14H14N2O3S/c1-8-2-4-9(5-3-8)20(18,19)16-15-12-10-6-14(10)7-11(14)13(12)17/h2-5,10-11,16H,6-7H2,1H3/b15-12+/t10-,11-,14?/m1/s1. The first-order chi connectivity index (χ1) is 9.44. The summed E-state index contributed by atoms with van der Waals surface area (Å²) in [5.74, 6) is 0.351. The Morgan fingerprint density at radius 3 is 2.45 bits per heavy atom. The van der Waals surface area contributed by atoms with E-state index in [0.29, 0.717) is 5.71 Å².